The number of amides is 1. The van der Waals surface area contributed by atoms with Crippen molar-refractivity contribution in [1.29, 1.82) is 0 Å². The lowest BCUT2D eigenvalue weighted by atomic mass is 9.94. The largest absolute Gasteiger partial charge is 0.496 e. The number of para-hydroxylation sites is 1. The number of hydrogen-bond acceptors (Lipinski definition) is 2. The number of aryl methyl sites for hydroxylation is 1. The van der Waals surface area contributed by atoms with Crippen molar-refractivity contribution in [3.8, 4) is 5.75 Å². The summed E-state index contributed by atoms with van der Waals surface area (Å²) in [5.74, 6) is 0.408. The van der Waals surface area contributed by atoms with E-state index in [9.17, 15) is 4.79 Å². The van der Waals surface area contributed by atoms with Crippen molar-refractivity contribution in [3.05, 3.63) is 101 Å². The van der Waals surface area contributed by atoms with Crippen molar-refractivity contribution in [2.24, 2.45) is 0 Å². The first-order chi connectivity index (χ1) is 12.2. The average Bonchev–Trinajstić information content (AvgIpc) is 2.67. The van der Waals surface area contributed by atoms with Crippen molar-refractivity contribution in [1.82, 2.24) is 5.32 Å². The third kappa shape index (κ3) is 3.72. The van der Waals surface area contributed by atoms with Gasteiger partial charge in [0.05, 0.1) is 18.7 Å². The lowest BCUT2D eigenvalue weighted by Crippen LogP contribution is -2.30. The van der Waals surface area contributed by atoms with Crippen LogP contribution in [0.5, 0.6) is 5.75 Å². The van der Waals surface area contributed by atoms with Crippen LogP contribution in [0, 0.1) is 6.92 Å². The van der Waals surface area contributed by atoms with Crippen molar-refractivity contribution >= 4 is 5.91 Å². The second kappa shape index (κ2) is 7.67. The standard InChI is InChI=1S/C22H21NO2/c1-16-10-6-7-13-18(16)21(17-11-4-3-5-12-17)23-22(24)19-14-8-9-15-20(19)25-2/h3-15,21H,1-2H3,(H,23,24)/t21-/m0/s1. The number of carbonyl (C=O) groups excluding carboxylic acids is 1. The van der Waals surface area contributed by atoms with Gasteiger partial charge in [-0.1, -0.05) is 66.7 Å². The predicted molar refractivity (Wildman–Crippen MR) is 99.9 cm³/mol. The lowest BCUT2D eigenvalue weighted by molar-refractivity contribution is 0.0940. The van der Waals surface area contributed by atoms with E-state index >= 15 is 0 Å². The van der Waals surface area contributed by atoms with Gasteiger partial charge in [0.25, 0.3) is 5.91 Å². The molecule has 0 aromatic heterocycles. The molecule has 0 fully saturated rings. The Bertz CT molecular complexity index is 859. The maximum absolute atomic E-state index is 12.9. The highest BCUT2D eigenvalue weighted by atomic mass is 16.5. The molecule has 3 nitrogen and oxygen atoms in total. The zero-order chi connectivity index (χ0) is 17.6. The van der Waals surface area contributed by atoms with Crippen LogP contribution in [0.25, 0.3) is 0 Å². The van der Waals surface area contributed by atoms with Crippen LogP contribution in [0.1, 0.15) is 33.1 Å². The van der Waals surface area contributed by atoms with Crippen molar-refractivity contribution in [2.45, 2.75) is 13.0 Å². The topological polar surface area (TPSA) is 38.3 Å². The Morgan fingerprint density at radius 1 is 0.880 bits per heavy atom. The number of rotatable bonds is 5. The molecule has 0 aliphatic heterocycles. The van der Waals surface area contributed by atoms with E-state index in [1.54, 1.807) is 19.2 Å². The monoisotopic (exact) mass is 331 g/mol. The summed E-state index contributed by atoms with van der Waals surface area (Å²) in [7, 11) is 1.57. The van der Waals surface area contributed by atoms with Gasteiger partial charge in [0.1, 0.15) is 5.75 Å². The molecule has 0 saturated heterocycles. The van der Waals surface area contributed by atoms with Gasteiger partial charge in [-0.15, -0.1) is 0 Å². The highest BCUT2D eigenvalue weighted by molar-refractivity contribution is 5.97. The maximum atomic E-state index is 12.9. The van der Waals surface area contributed by atoms with E-state index in [1.807, 2.05) is 54.6 Å². The first-order valence-corrected chi connectivity index (χ1v) is 8.25. The van der Waals surface area contributed by atoms with Gasteiger partial charge in [0.15, 0.2) is 0 Å². The molecular weight excluding hydrogens is 310 g/mol. The van der Waals surface area contributed by atoms with Gasteiger partial charge < -0.3 is 10.1 Å². The van der Waals surface area contributed by atoms with E-state index in [0.29, 0.717) is 11.3 Å². The van der Waals surface area contributed by atoms with Gasteiger partial charge in [-0.2, -0.15) is 0 Å². The molecule has 3 rings (SSSR count). The second-order valence-electron chi connectivity index (χ2n) is 5.87. The van der Waals surface area contributed by atoms with Crippen LogP contribution in [-0.2, 0) is 0 Å². The van der Waals surface area contributed by atoms with Crippen molar-refractivity contribution in [3.63, 3.8) is 0 Å². The molecule has 1 N–H and O–H groups in total. The summed E-state index contributed by atoms with van der Waals surface area (Å²) >= 11 is 0. The summed E-state index contributed by atoms with van der Waals surface area (Å²) in [5, 5.41) is 3.16. The first-order valence-electron chi connectivity index (χ1n) is 8.25. The van der Waals surface area contributed by atoms with Gasteiger partial charge in [-0.25, -0.2) is 0 Å². The Balaban J connectivity index is 1.99. The molecule has 0 aliphatic carbocycles. The highest BCUT2D eigenvalue weighted by Gasteiger charge is 2.20. The average molecular weight is 331 g/mol. The van der Waals surface area contributed by atoms with Gasteiger partial charge in [0, 0.05) is 0 Å². The Morgan fingerprint density at radius 3 is 2.24 bits per heavy atom. The molecule has 1 amide bonds. The predicted octanol–water partition coefficient (Wildman–Crippen LogP) is 4.52. The van der Waals surface area contributed by atoms with Crippen molar-refractivity contribution in [2.75, 3.05) is 7.11 Å². The van der Waals surface area contributed by atoms with Crippen LogP contribution < -0.4 is 10.1 Å². The van der Waals surface area contributed by atoms with Gasteiger partial charge >= 0.3 is 0 Å². The van der Waals surface area contributed by atoms with E-state index in [2.05, 4.69) is 24.4 Å². The summed E-state index contributed by atoms with van der Waals surface area (Å²) in [4.78, 5) is 12.9. The molecule has 0 unspecified atom stereocenters. The van der Waals surface area contributed by atoms with E-state index in [1.165, 1.54) is 0 Å². The van der Waals surface area contributed by atoms with E-state index < -0.39 is 0 Å². The number of methoxy groups -OCH3 is 1. The number of benzene rings is 3. The van der Waals surface area contributed by atoms with E-state index in [-0.39, 0.29) is 11.9 Å². The minimum absolute atomic E-state index is 0.158. The third-order valence-corrected chi connectivity index (χ3v) is 4.26. The Morgan fingerprint density at radius 2 is 1.52 bits per heavy atom. The lowest BCUT2D eigenvalue weighted by Gasteiger charge is -2.22. The molecule has 126 valence electrons. The Hall–Kier alpha value is -3.07. The van der Waals surface area contributed by atoms with E-state index in [0.717, 1.165) is 16.7 Å². The summed E-state index contributed by atoms with van der Waals surface area (Å²) in [5.41, 5.74) is 3.79. The van der Waals surface area contributed by atoms with Gasteiger partial charge in [0.2, 0.25) is 0 Å². The number of carbonyl (C=O) groups is 1. The molecule has 3 aromatic carbocycles. The maximum Gasteiger partial charge on any atom is 0.255 e. The van der Waals surface area contributed by atoms with Crippen LogP contribution in [0.3, 0.4) is 0 Å². The molecule has 0 radical (unpaired) electrons. The van der Waals surface area contributed by atoms with Crippen LogP contribution in [0.15, 0.2) is 78.9 Å². The highest BCUT2D eigenvalue weighted by Crippen LogP contribution is 2.26. The minimum atomic E-state index is -0.222. The molecule has 0 saturated carbocycles. The fourth-order valence-corrected chi connectivity index (χ4v) is 2.94. The van der Waals surface area contributed by atoms with Crippen LogP contribution in [0.2, 0.25) is 0 Å². The zero-order valence-corrected chi connectivity index (χ0v) is 14.4. The van der Waals surface area contributed by atoms with Crippen molar-refractivity contribution < 1.29 is 9.53 Å². The number of hydrogen-bond donors (Lipinski definition) is 1. The SMILES string of the molecule is COc1ccccc1C(=O)N[C@@H](c1ccccc1)c1ccccc1C. The van der Waals surface area contributed by atoms with E-state index in [4.69, 9.17) is 4.74 Å². The van der Waals surface area contributed by atoms with Gasteiger partial charge in [-0.05, 0) is 35.7 Å². The fraction of sp³-hybridized carbons (Fsp3) is 0.136. The Kier molecular flexibility index (Phi) is 5.14. The fourth-order valence-electron chi connectivity index (χ4n) is 2.94. The molecule has 0 heterocycles. The third-order valence-electron chi connectivity index (χ3n) is 4.26. The molecule has 3 heteroatoms. The summed E-state index contributed by atoms with van der Waals surface area (Å²) in [6, 6.07) is 25.1. The molecule has 3 aromatic rings. The molecule has 0 aliphatic rings. The summed E-state index contributed by atoms with van der Waals surface area (Å²) < 4.78 is 5.32. The summed E-state index contributed by atoms with van der Waals surface area (Å²) in [6.45, 7) is 2.06. The Labute approximate surface area is 148 Å². The normalized spacial score (nSPS) is 11.6. The molecule has 0 spiro atoms. The minimum Gasteiger partial charge on any atom is -0.496 e. The molecule has 1 atom stereocenters. The smallest absolute Gasteiger partial charge is 0.255 e. The number of nitrogens with one attached hydrogen (secondary N) is 1. The molecule has 25 heavy (non-hydrogen) atoms. The van der Waals surface area contributed by atoms with Crippen LogP contribution in [-0.4, -0.2) is 13.0 Å². The second-order valence-corrected chi connectivity index (χ2v) is 5.87. The first kappa shape index (κ1) is 16.8. The van der Waals surface area contributed by atoms with Crippen LogP contribution in [0.4, 0.5) is 0 Å². The quantitative estimate of drug-likeness (QED) is 0.746. The van der Waals surface area contributed by atoms with Gasteiger partial charge in [-0.3, -0.25) is 4.79 Å². The number of ether oxygens (including phenoxy) is 1. The molecular formula is C22H21NO2. The molecule has 0 bridgehead atoms. The van der Waals surface area contributed by atoms with Crippen LogP contribution >= 0.6 is 0 Å². The summed E-state index contributed by atoms with van der Waals surface area (Å²) in [6.07, 6.45) is 0. The zero-order valence-electron chi connectivity index (χ0n) is 14.4.